The summed E-state index contributed by atoms with van der Waals surface area (Å²) in [5.74, 6) is 0.257. The van der Waals surface area contributed by atoms with Crippen LogP contribution in [0.15, 0.2) is 70.8 Å². The van der Waals surface area contributed by atoms with Crippen molar-refractivity contribution in [1.82, 2.24) is 10.2 Å². The average Bonchev–Trinajstić information content (AvgIpc) is 3.17. The van der Waals surface area contributed by atoms with Gasteiger partial charge in [0.15, 0.2) is 11.5 Å². The molecule has 0 aromatic heterocycles. The van der Waals surface area contributed by atoms with E-state index in [-0.39, 0.29) is 5.70 Å². The van der Waals surface area contributed by atoms with Crippen molar-refractivity contribution in [3.05, 3.63) is 87.5 Å². The summed E-state index contributed by atoms with van der Waals surface area (Å²) in [4.78, 5) is 38.8. The van der Waals surface area contributed by atoms with Crippen molar-refractivity contribution in [2.24, 2.45) is 0 Å². The minimum atomic E-state index is -0.697. The lowest BCUT2D eigenvalue weighted by atomic mass is 10.1. The number of anilines is 1. The second kappa shape index (κ2) is 11.8. The number of nitrogens with one attached hydrogen (secondary N) is 2. The van der Waals surface area contributed by atoms with Crippen LogP contribution in [0, 0.1) is 6.92 Å². The minimum absolute atomic E-state index is 0.0242. The molecule has 9 nitrogen and oxygen atoms in total. The van der Waals surface area contributed by atoms with Gasteiger partial charge in [-0.15, -0.1) is 0 Å². The number of ether oxygens (including phenoxy) is 3. The summed E-state index contributed by atoms with van der Waals surface area (Å²) in [5, 5.41) is 5.18. The maximum Gasteiger partial charge on any atom is 0.329 e. The molecule has 0 saturated carbocycles. The third-order valence-electron chi connectivity index (χ3n) is 5.74. The van der Waals surface area contributed by atoms with Gasteiger partial charge in [0.1, 0.15) is 24.6 Å². The summed E-state index contributed by atoms with van der Waals surface area (Å²) in [6.45, 7) is 1.91. The summed E-state index contributed by atoms with van der Waals surface area (Å²) >= 11 is 3.50. The van der Waals surface area contributed by atoms with E-state index in [1.807, 2.05) is 31.2 Å². The number of carbonyl (C=O) groups excluding carboxylic acids is 3. The van der Waals surface area contributed by atoms with Crippen molar-refractivity contribution in [1.29, 1.82) is 0 Å². The monoisotopic (exact) mass is 579 g/mol. The molecule has 1 aliphatic rings. The van der Waals surface area contributed by atoms with Crippen LogP contribution in [0.1, 0.15) is 16.7 Å². The number of hydrogen-bond acceptors (Lipinski definition) is 6. The molecule has 0 bridgehead atoms. The third-order valence-corrected chi connectivity index (χ3v) is 6.43. The van der Waals surface area contributed by atoms with Crippen molar-refractivity contribution < 1.29 is 28.6 Å². The highest BCUT2D eigenvalue weighted by Crippen LogP contribution is 2.35. The fraction of sp³-hybridized carbons (Fsp3) is 0.179. The number of carbonyl (C=O) groups is 3. The first-order valence-electron chi connectivity index (χ1n) is 11.6. The lowest BCUT2D eigenvalue weighted by molar-refractivity contribution is -0.127. The molecule has 0 aliphatic carbocycles. The number of amides is 4. The predicted octanol–water partition coefficient (Wildman–Crippen LogP) is 4.89. The Morgan fingerprint density at radius 3 is 2.42 bits per heavy atom. The van der Waals surface area contributed by atoms with Crippen LogP contribution >= 0.6 is 15.9 Å². The molecule has 3 aromatic rings. The molecule has 0 spiro atoms. The highest BCUT2D eigenvalue weighted by molar-refractivity contribution is 9.10. The maximum atomic E-state index is 12.9. The molecule has 196 valence electrons. The number of aryl methyl sites for hydroxylation is 1. The topological polar surface area (TPSA) is 106 Å². The Morgan fingerprint density at radius 1 is 1.00 bits per heavy atom. The molecule has 4 rings (SSSR count). The fourth-order valence-corrected chi connectivity index (χ4v) is 4.17. The number of nitrogens with zero attached hydrogens (tertiary/aromatic N) is 1. The number of benzene rings is 3. The van der Waals surface area contributed by atoms with E-state index in [1.165, 1.54) is 20.3 Å². The summed E-state index contributed by atoms with van der Waals surface area (Å²) in [6, 6.07) is 17.6. The lowest BCUT2D eigenvalue weighted by Gasteiger charge is -2.14. The van der Waals surface area contributed by atoms with Gasteiger partial charge in [-0.2, -0.15) is 0 Å². The largest absolute Gasteiger partial charge is 0.495 e. The van der Waals surface area contributed by atoms with Gasteiger partial charge in [0.05, 0.1) is 19.9 Å². The normalized spacial score (nSPS) is 13.9. The van der Waals surface area contributed by atoms with E-state index in [2.05, 4.69) is 26.6 Å². The molecule has 1 aliphatic heterocycles. The van der Waals surface area contributed by atoms with Crippen LogP contribution in [0.25, 0.3) is 6.08 Å². The Morgan fingerprint density at radius 2 is 1.71 bits per heavy atom. The first-order chi connectivity index (χ1) is 18.3. The van der Waals surface area contributed by atoms with Crippen molar-refractivity contribution in [2.75, 3.05) is 26.1 Å². The zero-order chi connectivity index (χ0) is 27.2. The SMILES string of the molecule is COc1ccccc1NC(=O)CN1C(=O)N/C(=C/c2cc(OC)c(OCc3ccc(C)cc3)cc2Br)C1=O. The molecular weight excluding hydrogens is 554 g/mol. The van der Waals surface area contributed by atoms with Crippen LogP contribution in [0.4, 0.5) is 10.5 Å². The summed E-state index contributed by atoms with van der Waals surface area (Å²) in [6.07, 6.45) is 1.51. The summed E-state index contributed by atoms with van der Waals surface area (Å²) in [5.41, 5.74) is 3.21. The van der Waals surface area contributed by atoms with Gasteiger partial charge < -0.3 is 24.8 Å². The zero-order valence-electron chi connectivity index (χ0n) is 21.0. The third kappa shape index (κ3) is 6.15. The number of rotatable bonds is 9. The Labute approximate surface area is 228 Å². The molecular formula is C28H26BrN3O6. The lowest BCUT2D eigenvalue weighted by Crippen LogP contribution is -2.38. The second-order valence-electron chi connectivity index (χ2n) is 8.43. The second-order valence-corrected chi connectivity index (χ2v) is 9.28. The number of methoxy groups -OCH3 is 2. The van der Waals surface area contributed by atoms with E-state index >= 15 is 0 Å². The van der Waals surface area contributed by atoms with Crippen LogP contribution in [0.2, 0.25) is 0 Å². The van der Waals surface area contributed by atoms with Gasteiger partial charge in [0.2, 0.25) is 5.91 Å². The molecule has 2 N–H and O–H groups in total. The first-order valence-corrected chi connectivity index (χ1v) is 12.4. The smallest absolute Gasteiger partial charge is 0.329 e. The Balaban J connectivity index is 1.47. The van der Waals surface area contributed by atoms with E-state index in [4.69, 9.17) is 14.2 Å². The van der Waals surface area contributed by atoms with E-state index in [0.717, 1.165) is 16.0 Å². The van der Waals surface area contributed by atoms with Crippen molar-refractivity contribution in [2.45, 2.75) is 13.5 Å². The van der Waals surface area contributed by atoms with Crippen LogP contribution in [0.3, 0.4) is 0 Å². The molecule has 38 heavy (non-hydrogen) atoms. The van der Waals surface area contributed by atoms with Crippen LogP contribution in [-0.4, -0.2) is 43.5 Å². The molecule has 1 fully saturated rings. The van der Waals surface area contributed by atoms with Crippen LogP contribution < -0.4 is 24.8 Å². The van der Waals surface area contributed by atoms with Gasteiger partial charge in [-0.25, -0.2) is 9.69 Å². The quantitative estimate of drug-likeness (QED) is 0.276. The zero-order valence-corrected chi connectivity index (χ0v) is 22.6. The number of imide groups is 1. The number of urea groups is 1. The number of hydrogen-bond donors (Lipinski definition) is 2. The highest BCUT2D eigenvalue weighted by atomic mass is 79.9. The number of para-hydroxylation sites is 2. The Kier molecular flexibility index (Phi) is 8.32. The molecule has 1 saturated heterocycles. The molecule has 10 heteroatoms. The van der Waals surface area contributed by atoms with Gasteiger partial charge in [0.25, 0.3) is 5.91 Å². The van der Waals surface area contributed by atoms with Crippen LogP contribution in [0.5, 0.6) is 17.2 Å². The highest BCUT2D eigenvalue weighted by Gasteiger charge is 2.35. The Bertz CT molecular complexity index is 1400. The molecule has 1 heterocycles. The maximum absolute atomic E-state index is 12.9. The summed E-state index contributed by atoms with van der Waals surface area (Å²) < 4.78 is 17.3. The Hall–Kier alpha value is -4.31. The summed E-state index contributed by atoms with van der Waals surface area (Å²) in [7, 11) is 3.00. The van der Waals surface area contributed by atoms with E-state index in [9.17, 15) is 14.4 Å². The number of halogens is 1. The van der Waals surface area contributed by atoms with Gasteiger partial charge in [-0.1, -0.05) is 57.9 Å². The molecule has 4 amide bonds. The molecule has 0 atom stereocenters. The van der Waals surface area contributed by atoms with Crippen LogP contribution in [-0.2, 0) is 16.2 Å². The fourth-order valence-electron chi connectivity index (χ4n) is 3.73. The molecule has 0 radical (unpaired) electrons. The molecule has 3 aromatic carbocycles. The van der Waals surface area contributed by atoms with Crippen molar-refractivity contribution >= 4 is 45.5 Å². The van der Waals surface area contributed by atoms with Gasteiger partial charge in [-0.3, -0.25) is 9.59 Å². The van der Waals surface area contributed by atoms with Gasteiger partial charge in [0, 0.05) is 4.47 Å². The average molecular weight is 580 g/mol. The van der Waals surface area contributed by atoms with Gasteiger partial charge in [-0.05, 0) is 48.4 Å². The van der Waals surface area contributed by atoms with E-state index in [0.29, 0.717) is 39.6 Å². The predicted molar refractivity (Wildman–Crippen MR) is 146 cm³/mol. The standard InChI is InChI=1S/C28H26BrN3O6/c1-17-8-10-18(11-9-17)16-38-25-14-20(29)19(13-24(25)37-3)12-22-27(34)32(28(35)31-22)15-26(33)30-21-6-4-5-7-23(21)36-2/h4-14H,15-16H2,1-3H3,(H,30,33)(H,31,35)/b22-12+. The van der Waals surface area contributed by atoms with E-state index in [1.54, 1.807) is 36.4 Å². The minimum Gasteiger partial charge on any atom is -0.495 e. The van der Waals surface area contributed by atoms with Gasteiger partial charge >= 0.3 is 6.03 Å². The van der Waals surface area contributed by atoms with Crippen molar-refractivity contribution in [3.8, 4) is 17.2 Å². The first kappa shape index (κ1) is 26.7. The van der Waals surface area contributed by atoms with Crippen molar-refractivity contribution in [3.63, 3.8) is 0 Å². The van der Waals surface area contributed by atoms with E-state index < -0.39 is 24.4 Å². The molecule has 0 unspecified atom stereocenters.